The number of hydrogen-bond donors (Lipinski definition) is 2. The molecule has 0 heterocycles. The Hall–Kier alpha value is -1.95. The van der Waals surface area contributed by atoms with Gasteiger partial charge in [-0.25, -0.2) is 4.79 Å². The normalized spacial score (nSPS) is 9.94. The number of methoxy groups -OCH3 is 2. The summed E-state index contributed by atoms with van der Waals surface area (Å²) in [6.07, 6.45) is 0.388. The molecule has 0 bridgehead atoms. The van der Waals surface area contributed by atoms with Crippen LogP contribution < -0.4 is 15.2 Å². The van der Waals surface area contributed by atoms with Gasteiger partial charge < -0.3 is 25.1 Å². The van der Waals surface area contributed by atoms with Crippen molar-refractivity contribution in [1.82, 2.24) is 0 Å². The van der Waals surface area contributed by atoms with Crippen LogP contribution in [-0.2, 0) is 4.74 Å². The summed E-state index contributed by atoms with van der Waals surface area (Å²) in [5.41, 5.74) is 6.20. The number of nitrogen functional groups attached to an aromatic ring is 1. The topological polar surface area (TPSA) is 91.0 Å². The molecule has 100 valence electrons. The SMILES string of the molecule is COc1cc(N)c(C(=O)OCCCO)cc1OC. The molecule has 0 saturated carbocycles. The van der Waals surface area contributed by atoms with E-state index in [-0.39, 0.29) is 24.5 Å². The monoisotopic (exact) mass is 255 g/mol. The van der Waals surface area contributed by atoms with Crippen LogP contribution in [0.5, 0.6) is 11.5 Å². The molecule has 6 nitrogen and oxygen atoms in total. The fraction of sp³-hybridized carbons (Fsp3) is 0.417. The van der Waals surface area contributed by atoms with Crippen LogP contribution in [0.1, 0.15) is 16.8 Å². The zero-order valence-corrected chi connectivity index (χ0v) is 10.4. The first-order valence-electron chi connectivity index (χ1n) is 5.43. The average Bonchev–Trinajstić information content (AvgIpc) is 2.38. The molecule has 0 aromatic heterocycles. The maximum atomic E-state index is 11.7. The van der Waals surface area contributed by atoms with E-state index in [0.717, 1.165) is 0 Å². The number of benzene rings is 1. The molecule has 1 aromatic rings. The summed E-state index contributed by atoms with van der Waals surface area (Å²) in [5, 5.41) is 8.60. The van der Waals surface area contributed by atoms with E-state index < -0.39 is 5.97 Å². The lowest BCUT2D eigenvalue weighted by Crippen LogP contribution is -2.10. The van der Waals surface area contributed by atoms with Gasteiger partial charge in [0.05, 0.1) is 32.1 Å². The van der Waals surface area contributed by atoms with Gasteiger partial charge in [-0.05, 0) is 0 Å². The Balaban J connectivity index is 2.91. The fourth-order valence-electron chi connectivity index (χ4n) is 1.38. The summed E-state index contributed by atoms with van der Waals surface area (Å²) in [4.78, 5) is 11.7. The minimum absolute atomic E-state index is 0.0330. The Labute approximate surface area is 105 Å². The average molecular weight is 255 g/mol. The zero-order chi connectivity index (χ0) is 13.5. The van der Waals surface area contributed by atoms with Crippen molar-refractivity contribution in [3.05, 3.63) is 17.7 Å². The molecule has 6 heteroatoms. The first-order chi connectivity index (χ1) is 8.63. The Kier molecular flexibility index (Phi) is 5.26. The number of carbonyl (C=O) groups is 1. The van der Waals surface area contributed by atoms with Crippen LogP contribution >= 0.6 is 0 Å². The van der Waals surface area contributed by atoms with Crippen LogP contribution in [0, 0.1) is 0 Å². The number of ether oxygens (including phenoxy) is 3. The van der Waals surface area contributed by atoms with E-state index >= 15 is 0 Å². The van der Waals surface area contributed by atoms with Gasteiger partial charge in [0.15, 0.2) is 11.5 Å². The molecule has 0 saturated heterocycles. The highest BCUT2D eigenvalue weighted by atomic mass is 16.5. The summed E-state index contributed by atoms with van der Waals surface area (Å²) in [6, 6.07) is 2.97. The standard InChI is InChI=1S/C12H17NO5/c1-16-10-6-8(9(13)7-11(10)17-2)12(15)18-5-3-4-14/h6-7,14H,3-5,13H2,1-2H3. The molecule has 3 N–H and O–H groups in total. The van der Waals surface area contributed by atoms with Crippen LogP contribution in [0.2, 0.25) is 0 Å². The van der Waals surface area contributed by atoms with Crippen molar-refractivity contribution in [3.63, 3.8) is 0 Å². The van der Waals surface area contributed by atoms with Crippen molar-refractivity contribution in [2.24, 2.45) is 0 Å². The van der Waals surface area contributed by atoms with E-state index in [1.165, 1.54) is 26.4 Å². The number of aliphatic hydroxyl groups is 1. The number of aliphatic hydroxyl groups excluding tert-OH is 1. The number of hydrogen-bond acceptors (Lipinski definition) is 6. The van der Waals surface area contributed by atoms with Crippen molar-refractivity contribution < 1.29 is 24.1 Å². The molecule has 1 rings (SSSR count). The van der Waals surface area contributed by atoms with Crippen molar-refractivity contribution >= 4 is 11.7 Å². The van der Waals surface area contributed by atoms with Crippen molar-refractivity contribution in [2.45, 2.75) is 6.42 Å². The van der Waals surface area contributed by atoms with Crippen LogP contribution in [0.3, 0.4) is 0 Å². The van der Waals surface area contributed by atoms with Crippen LogP contribution in [0.25, 0.3) is 0 Å². The molecule has 18 heavy (non-hydrogen) atoms. The summed E-state index contributed by atoms with van der Waals surface area (Å²) >= 11 is 0. The van der Waals surface area contributed by atoms with Crippen LogP contribution in [0.4, 0.5) is 5.69 Å². The van der Waals surface area contributed by atoms with Gasteiger partial charge >= 0.3 is 5.97 Å². The molecule has 0 amide bonds. The quantitative estimate of drug-likeness (QED) is 0.444. The zero-order valence-electron chi connectivity index (χ0n) is 10.4. The largest absolute Gasteiger partial charge is 0.493 e. The molecule has 0 unspecified atom stereocenters. The van der Waals surface area contributed by atoms with Gasteiger partial charge in [0.2, 0.25) is 0 Å². The highest BCUT2D eigenvalue weighted by Crippen LogP contribution is 2.32. The number of rotatable bonds is 6. The molecule has 0 spiro atoms. The van der Waals surface area contributed by atoms with Crippen molar-refractivity contribution in [1.29, 1.82) is 0 Å². The van der Waals surface area contributed by atoms with E-state index in [0.29, 0.717) is 17.9 Å². The third-order valence-electron chi connectivity index (χ3n) is 2.31. The van der Waals surface area contributed by atoms with Gasteiger partial charge in [0.1, 0.15) is 0 Å². The maximum absolute atomic E-state index is 11.7. The van der Waals surface area contributed by atoms with Gasteiger partial charge in [-0.1, -0.05) is 0 Å². The Bertz CT molecular complexity index is 419. The Morgan fingerprint density at radius 3 is 2.44 bits per heavy atom. The third kappa shape index (κ3) is 3.27. The lowest BCUT2D eigenvalue weighted by Gasteiger charge is -2.12. The first kappa shape index (κ1) is 14.1. The van der Waals surface area contributed by atoms with Gasteiger partial charge in [-0.3, -0.25) is 0 Å². The lowest BCUT2D eigenvalue weighted by molar-refractivity contribution is 0.0483. The van der Waals surface area contributed by atoms with Crippen molar-refractivity contribution in [2.75, 3.05) is 33.2 Å². The highest BCUT2D eigenvalue weighted by Gasteiger charge is 2.16. The molecule has 0 aliphatic heterocycles. The molecule has 0 radical (unpaired) electrons. The van der Waals surface area contributed by atoms with Crippen LogP contribution in [0.15, 0.2) is 12.1 Å². The number of carbonyl (C=O) groups excluding carboxylic acids is 1. The van der Waals surface area contributed by atoms with Gasteiger partial charge in [-0.15, -0.1) is 0 Å². The smallest absolute Gasteiger partial charge is 0.340 e. The van der Waals surface area contributed by atoms with Gasteiger partial charge in [0, 0.05) is 25.2 Å². The summed E-state index contributed by atoms with van der Waals surface area (Å²) in [5.74, 6) is 0.296. The van der Waals surface area contributed by atoms with E-state index in [9.17, 15) is 4.79 Å². The summed E-state index contributed by atoms with van der Waals surface area (Å²) in [6.45, 7) is 0.109. The van der Waals surface area contributed by atoms with E-state index in [4.69, 9.17) is 25.1 Å². The van der Waals surface area contributed by atoms with Gasteiger partial charge in [-0.2, -0.15) is 0 Å². The fourth-order valence-corrected chi connectivity index (χ4v) is 1.38. The molecular formula is C12H17NO5. The number of anilines is 1. The minimum Gasteiger partial charge on any atom is -0.493 e. The summed E-state index contributed by atoms with van der Waals surface area (Å²) < 4.78 is 15.1. The van der Waals surface area contributed by atoms with E-state index in [2.05, 4.69) is 0 Å². The second-order valence-corrected chi connectivity index (χ2v) is 3.51. The van der Waals surface area contributed by atoms with E-state index in [1.807, 2.05) is 0 Å². The Morgan fingerprint density at radius 1 is 1.28 bits per heavy atom. The predicted octanol–water partition coefficient (Wildman–Crippen LogP) is 0.825. The number of nitrogens with two attached hydrogens (primary N) is 1. The minimum atomic E-state index is -0.554. The molecular weight excluding hydrogens is 238 g/mol. The lowest BCUT2D eigenvalue weighted by atomic mass is 10.1. The predicted molar refractivity (Wildman–Crippen MR) is 65.9 cm³/mol. The highest BCUT2D eigenvalue weighted by molar-refractivity contribution is 5.96. The second kappa shape index (κ2) is 6.70. The third-order valence-corrected chi connectivity index (χ3v) is 2.31. The molecule has 0 aliphatic rings. The summed E-state index contributed by atoms with van der Waals surface area (Å²) in [7, 11) is 2.95. The molecule has 0 aliphatic carbocycles. The first-order valence-corrected chi connectivity index (χ1v) is 5.43. The second-order valence-electron chi connectivity index (χ2n) is 3.51. The number of esters is 1. The molecule has 0 fully saturated rings. The molecule has 1 aromatic carbocycles. The van der Waals surface area contributed by atoms with Crippen LogP contribution in [-0.4, -0.2) is 38.5 Å². The Morgan fingerprint density at radius 2 is 1.89 bits per heavy atom. The van der Waals surface area contributed by atoms with Gasteiger partial charge in [0.25, 0.3) is 0 Å². The van der Waals surface area contributed by atoms with E-state index in [1.54, 1.807) is 0 Å². The maximum Gasteiger partial charge on any atom is 0.340 e. The van der Waals surface area contributed by atoms with Crippen molar-refractivity contribution in [3.8, 4) is 11.5 Å². The molecule has 0 atom stereocenters.